The molecule has 1 nitrogen and oxygen atoms in total. The summed E-state index contributed by atoms with van der Waals surface area (Å²) in [5.74, 6) is 0. The number of nitrogens with zero attached hydrogens (tertiary/aromatic N) is 1. The van der Waals surface area contributed by atoms with Crippen LogP contribution in [-0.4, -0.2) is 0 Å². The molecule has 11 aromatic rings. The van der Waals surface area contributed by atoms with E-state index in [0.717, 1.165) is 17.1 Å². The number of anilines is 3. The Kier molecular flexibility index (Phi) is 8.78. The summed E-state index contributed by atoms with van der Waals surface area (Å²) in [6, 6.07) is 102. The molecule has 0 radical (unpaired) electrons. The standard InChI is InChI=1S/C68H45N/c1-3-21-46(22-4-1)51-25-7-8-26-52(51)48-39-41-49(42-40-48)69(66-38-20-13-27-53(66)47-23-5-2-6-24-47)50-43-44-64-65(45-50)68(60-34-16-11-30-56(60)57-31-12-17-35-61(57)68)63-37-19-18-36-62(63)67(64)58-32-14-9-28-54(58)55-29-10-15-33-59(55)67/h1-45H. The molecule has 322 valence electrons. The lowest BCUT2D eigenvalue weighted by Gasteiger charge is -2.49. The summed E-state index contributed by atoms with van der Waals surface area (Å²) in [5, 5.41) is 0. The molecule has 1 heteroatoms. The third kappa shape index (κ3) is 5.53. The summed E-state index contributed by atoms with van der Waals surface area (Å²) in [7, 11) is 0. The molecule has 0 aromatic heterocycles. The van der Waals surface area contributed by atoms with Gasteiger partial charge in [0, 0.05) is 16.9 Å². The highest BCUT2D eigenvalue weighted by atomic mass is 15.1. The Labute approximate surface area is 403 Å². The van der Waals surface area contributed by atoms with Crippen LogP contribution in [0.25, 0.3) is 55.6 Å². The Hall–Kier alpha value is -8.78. The molecule has 0 unspecified atom stereocenters. The molecule has 0 heterocycles. The van der Waals surface area contributed by atoms with Gasteiger partial charge in [-0.25, -0.2) is 0 Å². The van der Waals surface area contributed by atoms with Gasteiger partial charge in [-0.05, 0) is 125 Å². The zero-order valence-electron chi connectivity index (χ0n) is 37.9. The van der Waals surface area contributed by atoms with Crippen molar-refractivity contribution >= 4 is 17.1 Å². The topological polar surface area (TPSA) is 3.24 Å². The van der Waals surface area contributed by atoms with Gasteiger partial charge < -0.3 is 4.90 Å². The van der Waals surface area contributed by atoms with E-state index in [9.17, 15) is 0 Å². The molecule has 0 saturated carbocycles. The van der Waals surface area contributed by atoms with Crippen molar-refractivity contribution in [3.05, 3.63) is 317 Å². The van der Waals surface area contributed by atoms with Crippen molar-refractivity contribution in [2.24, 2.45) is 0 Å². The molecular formula is C68H45N. The molecule has 0 bridgehead atoms. The number of rotatable bonds is 6. The zero-order valence-corrected chi connectivity index (χ0v) is 37.9. The molecule has 3 aliphatic rings. The molecule has 69 heavy (non-hydrogen) atoms. The van der Waals surface area contributed by atoms with Crippen LogP contribution in [0.1, 0.15) is 44.5 Å². The highest BCUT2D eigenvalue weighted by Gasteiger charge is 2.59. The van der Waals surface area contributed by atoms with Crippen molar-refractivity contribution in [1.82, 2.24) is 0 Å². The van der Waals surface area contributed by atoms with E-state index in [1.165, 1.54) is 100 Å². The van der Waals surface area contributed by atoms with Gasteiger partial charge in [0.05, 0.1) is 16.5 Å². The van der Waals surface area contributed by atoms with Crippen molar-refractivity contribution in [2.75, 3.05) is 4.90 Å². The van der Waals surface area contributed by atoms with E-state index in [2.05, 4.69) is 278 Å². The van der Waals surface area contributed by atoms with Gasteiger partial charge in [-0.1, -0.05) is 243 Å². The second-order valence-electron chi connectivity index (χ2n) is 18.6. The Morgan fingerprint density at radius 1 is 0.203 bits per heavy atom. The molecule has 14 rings (SSSR count). The van der Waals surface area contributed by atoms with Crippen molar-refractivity contribution in [3.63, 3.8) is 0 Å². The Balaban J connectivity index is 1.07. The minimum Gasteiger partial charge on any atom is -0.310 e. The first-order valence-electron chi connectivity index (χ1n) is 24.1. The highest BCUT2D eigenvalue weighted by Crippen LogP contribution is 2.68. The van der Waals surface area contributed by atoms with Crippen molar-refractivity contribution in [3.8, 4) is 55.6 Å². The number of benzene rings is 11. The van der Waals surface area contributed by atoms with E-state index in [1.54, 1.807) is 0 Å². The van der Waals surface area contributed by atoms with E-state index in [-0.39, 0.29) is 0 Å². The average molecular weight is 876 g/mol. The van der Waals surface area contributed by atoms with Gasteiger partial charge in [0.1, 0.15) is 0 Å². The summed E-state index contributed by atoms with van der Waals surface area (Å²) in [4.78, 5) is 2.50. The third-order valence-electron chi connectivity index (χ3n) is 15.4. The molecule has 0 amide bonds. The predicted molar refractivity (Wildman–Crippen MR) is 286 cm³/mol. The van der Waals surface area contributed by atoms with Gasteiger partial charge in [-0.3, -0.25) is 0 Å². The number of fused-ring (bicyclic) bond motifs is 16. The van der Waals surface area contributed by atoms with Crippen LogP contribution < -0.4 is 4.90 Å². The molecule has 0 aliphatic heterocycles. The average Bonchev–Trinajstić information content (AvgIpc) is 3.90. The normalized spacial score (nSPS) is 13.7. The maximum absolute atomic E-state index is 2.57. The lowest BCUT2D eigenvalue weighted by atomic mass is 9.52. The van der Waals surface area contributed by atoms with Gasteiger partial charge in [0.2, 0.25) is 0 Å². The van der Waals surface area contributed by atoms with E-state index in [0.29, 0.717) is 0 Å². The van der Waals surface area contributed by atoms with Crippen LogP contribution in [0.2, 0.25) is 0 Å². The van der Waals surface area contributed by atoms with Crippen LogP contribution in [-0.2, 0) is 10.8 Å². The van der Waals surface area contributed by atoms with Gasteiger partial charge >= 0.3 is 0 Å². The van der Waals surface area contributed by atoms with Crippen molar-refractivity contribution in [2.45, 2.75) is 10.8 Å². The Bertz CT molecular complexity index is 3700. The van der Waals surface area contributed by atoms with Gasteiger partial charge in [-0.2, -0.15) is 0 Å². The van der Waals surface area contributed by atoms with Crippen LogP contribution in [0.15, 0.2) is 273 Å². The summed E-state index contributed by atoms with van der Waals surface area (Å²) in [6.07, 6.45) is 0. The number of hydrogen-bond acceptors (Lipinski definition) is 1. The molecule has 0 fully saturated rings. The largest absolute Gasteiger partial charge is 0.310 e. The molecule has 11 aromatic carbocycles. The fourth-order valence-electron chi connectivity index (χ4n) is 12.7. The lowest BCUT2D eigenvalue weighted by Crippen LogP contribution is -2.43. The second kappa shape index (κ2) is 15.4. The fourth-order valence-corrected chi connectivity index (χ4v) is 12.7. The molecule has 0 atom stereocenters. The van der Waals surface area contributed by atoms with Crippen molar-refractivity contribution in [1.29, 1.82) is 0 Å². The van der Waals surface area contributed by atoms with Crippen LogP contribution >= 0.6 is 0 Å². The van der Waals surface area contributed by atoms with Crippen molar-refractivity contribution < 1.29 is 0 Å². The monoisotopic (exact) mass is 875 g/mol. The van der Waals surface area contributed by atoms with E-state index < -0.39 is 10.8 Å². The first-order chi connectivity index (χ1) is 34.3. The third-order valence-corrected chi connectivity index (χ3v) is 15.4. The van der Waals surface area contributed by atoms with E-state index in [1.807, 2.05) is 0 Å². The minimum absolute atomic E-state index is 0.560. The quantitative estimate of drug-likeness (QED) is 0.161. The van der Waals surface area contributed by atoms with Gasteiger partial charge in [0.25, 0.3) is 0 Å². The van der Waals surface area contributed by atoms with E-state index in [4.69, 9.17) is 0 Å². The maximum Gasteiger partial charge on any atom is 0.0720 e. The minimum atomic E-state index is -0.609. The summed E-state index contributed by atoms with van der Waals surface area (Å²) < 4.78 is 0. The van der Waals surface area contributed by atoms with E-state index >= 15 is 0 Å². The van der Waals surface area contributed by atoms with Crippen LogP contribution in [0.4, 0.5) is 17.1 Å². The summed E-state index contributed by atoms with van der Waals surface area (Å²) in [6.45, 7) is 0. The first-order valence-corrected chi connectivity index (χ1v) is 24.1. The fraction of sp³-hybridized carbons (Fsp3) is 0.0294. The number of para-hydroxylation sites is 1. The number of hydrogen-bond donors (Lipinski definition) is 0. The smallest absolute Gasteiger partial charge is 0.0720 e. The van der Waals surface area contributed by atoms with Crippen LogP contribution in [0.5, 0.6) is 0 Å². The maximum atomic E-state index is 2.57. The summed E-state index contributed by atoms with van der Waals surface area (Å²) in [5.41, 5.74) is 25.1. The predicted octanol–water partition coefficient (Wildman–Crippen LogP) is 17.2. The van der Waals surface area contributed by atoms with Gasteiger partial charge in [0.15, 0.2) is 0 Å². The molecule has 0 N–H and O–H groups in total. The SMILES string of the molecule is c1ccc(-c2ccccc2-c2ccc(N(c3ccc4c(c3)C3(c5ccccc5-c5ccccc53)c3ccccc3C43c4ccccc4-c4ccccc43)c3ccccc3-c3ccccc3)cc2)cc1. The second-order valence-corrected chi connectivity index (χ2v) is 18.6. The molecular weight excluding hydrogens is 831 g/mol. The van der Waals surface area contributed by atoms with Gasteiger partial charge in [-0.15, -0.1) is 0 Å². The Morgan fingerprint density at radius 3 is 1.00 bits per heavy atom. The molecule has 3 aliphatic carbocycles. The first kappa shape index (κ1) is 39.4. The Morgan fingerprint density at radius 2 is 0.522 bits per heavy atom. The van der Waals surface area contributed by atoms with Crippen LogP contribution in [0, 0.1) is 0 Å². The zero-order chi connectivity index (χ0) is 45.5. The molecule has 0 saturated heterocycles. The van der Waals surface area contributed by atoms with Crippen LogP contribution in [0.3, 0.4) is 0 Å². The highest BCUT2D eigenvalue weighted by molar-refractivity contribution is 5.96. The summed E-state index contributed by atoms with van der Waals surface area (Å²) >= 11 is 0. The lowest BCUT2D eigenvalue weighted by molar-refractivity contribution is 0.633. The molecule has 2 spiro atoms.